The fraction of sp³-hybridized carbons (Fsp3) is 0.118. The fourth-order valence-corrected chi connectivity index (χ4v) is 2.82. The molecule has 7 heteroatoms. The maximum absolute atomic E-state index is 11.8. The highest BCUT2D eigenvalue weighted by Crippen LogP contribution is 2.21. The number of carbonyl (C=O) groups excluding carboxylic acids is 1. The molecule has 2 aromatic heterocycles. The molecule has 0 saturated carbocycles. The lowest BCUT2D eigenvalue weighted by Crippen LogP contribution is -2.28. The number of benzene rings is 1. The second-order valence-electron chi connectivity index (χ2n) is 4.88. The summed E-state index contributed by atoms with van der Waals surface area (Å²) >= 11 is 7.29. The Morgan fingerprint density at radius 1 is 1.17 bits per heavy atom. The number of ether oxygens (including phenoxy) is 1. The van der Waals surface area contributed by atoms with Gasteiger partial charge >= 0.3 is 0 Å². The highest BCUT2D eigenvalue weighted by molar-refractivity contribution is 7.09. The third-order valence-corrected chi connectivity index (χ3v) is 4.25. The van der Waals surface area contributed by atoms with Crippen molar-refractivity contribution >= 4 is 28.8 Å². The van der Waals surface area contributed by atoms with Gasteiger partial charge in [0, 0.05) is 28.4 Å². The Morgan fingerprint density at radius 3 is 2.67 bits per heavy atom. The molecule has 0 fully saturated rings. The van der Waals surface area contributed by atoms with Crippen LogP contribution >= 0.6 is 22.9 Å². The molecule has 0 bridgehead atoms. The lowest BCUT2D eigenvalue weighted by molar-refractivity contribution is -0.123. The second kappa shape index (κ2) is 7.90. The van der Waals surface area contributed by atoms with Crippen molar-refractivity contribution in [2.24, 2.45) is 0 Å². The first-order chi connectivity index (χ1) is 11.7. The smallest absolute Gasteiger partial charge is 0.258 e. The molecule has 24 heavy (non-hydrogen) atoms. The fourth-order valence-electron chi connectivity index (χ4n) is 1.95. The molecule has 3 rings (SSSR count). The summed E-state index contributed by atoms with van der Waals surface area (Å²) in [5, 5.41) is 6.21. The molecule has 0 unspecified atom stereocenters. The molecule has 1 N–H and O–H groups in total. The summed E-state index contributed by atoms with van der Waals surface area (Å²) < 4.78 is 5.39. The number of halogens is 1. The molecule has 0 aliphatic heterocycles. The van der Waals surface area contributed by atoms with E-state index >= 15 is 0 Å². The predicted molar refractivity (Wildman–Crippen MR) is 94.1 cm³/mol. The average molecular weight is 360 g/mol. The van der Waals surface area contributed by atoms with E-state index in [0.29, 0.717) is 17.3 Å². The monoisotopic (exact) mass is 359 g/mol. The Morgan fingerprint density at radius 2 is 1.92 bits per heavy atom. The summed E-state index contributed by atoms with van der Waals surface area (Å²) in [5.74, 6) is 0.398. The summed E-state index contributed by atoms with van der Waals surface area (Å²) in [6.45, 7) is 0.322. The topological polar surface area (TPSA) is 64.1 Å². The van der Waals surface area contributed by atoms with Crippen molar-refractivity contribution in [1.29, 1.82) is 0 Å². The number of amides is 1. The van der Waals surface area contributed by atoms with Gasteiger partial charge in [-0.25, -0.2) is 4.98 Å². The number of thiazole rings is 1. The molecule has 1 amide bonds. The number of hydrogen-bond acceptors (Lipinski definition) is 5. The van der Waals surface area contributed by atoms with Crippen molar-refractivity contribution in [3.05, 3.63) is 64.2 Å². The maximum atomic E-state index is 11.8. The Kier molecular flexibility index (Phi) is 5.40. The summed E-state index contributed by atoms with van der Waals surface area (Å²) in [5.41, 5.74) is 1.88. The molecule has 2 heterocycles. The van der Waals surface area contributed by atoms with Crippen molar-refractivity contribution in [1.82, 2.24) is 15.3 Å². The molecule has 0 spiro atoms. The molecule has 122 valence electrons. The molecule has 0 aliphatic rings. The van der Waals surface area contributed by atoms with Gasteiger partial charge in [0.25, 0.3) is 5.91 Å². The lowest BCUT2D eigenvalue weighted by Gasteiger charge is -2.06. The number of pyridine rings is 1. The van der Waals surface area contributed by atoms with Crippen LogP contribution in [0.15, 0.2) is 54.2 Å². The number of hydrogen-bond donors (Lipinski definition) is 1. The van der Waals surface area contributed by atoms with Crippen LogP contribution in [0.25, 0.3) is 11.3 Å². The van der Waals surface area contributed by atoms with Gasteiger partial charge in [-0.05, 0) is 36.4 Å². The van der Waals surface area contributed by atoms with Crippen molar-refractivity contribution < 1.29 is 9.53 Å². The van der Waals surface area contributed by atoms with Crippen LogP contribution in [0.4, 0.5) is 0 Å². The van der Waals surface area contributed by atoms with Crippen molar-refractivity contribution in [3.8, 4) is 17.0 Å². The van der Waals surface area contributed by atoms with Gasteiger partial charge in [-0.2, -0.15) is 0 Å². The first kappa shape index (κ1) is 16.4. The van der Waals surface area contributed by atoms with Gasteiger partial charge in [0.05, 0.1) is 12.2 Å². The van der Waals surface area contributed by atoms with E-state index in [4.69, 9.17) is 16.3 Å². The van der Waals surface area contributed by atoms with E-state index in [1.165, 1.54) is 11.3 Å². The van der Waals surface area contributed by atoms with Crippen LogP contribution in [-0.4, -0.2) is 22.5 Å². The SMILES string of the molecule is O=C(COc1ccc(Cl)cc1)NCc1nc(-c2ccncc2)cs1. The van der Waals surface area contributed by atoms with E-state index in [1.54, 1.807) is 36.7 Å². The van der Waals surface area contributed by atoms with Crippen LogP contribution in [-0.2, 0) is 11.3 Å². The van der Waals surface area contributed by atoms with Crippen molar-refractivity contribution in [2.75, 3.05) is 6.61 Å². The largest absolute Gasteiger partial charge is 0.484 e. The third kappa shape index (κ3) is 4.53. The molecule has 5 nitrogen and oxygen atoms in total. The Balaban J connectivity index is 1.48. The summed E-state index contributed by atoms with van der Waals surface area (Å²) in [7, 11) is 0. The number of nitrogens with zero attached hydrogens (tertiary/aromatic N) is 2. The van der Waals surface area contributed by atoms with Crippen molar-refractivity contribution in [3.63, 3.8) is 0 Å². The van der Waals surface area contributed by atoms with Gasteiger partial charge in [0.15, 0.2) is 6.61 Å². The molecular weight excluding hydrogens is 346 g/mol. The minimum atomic E-state index is -0.203. The normalized spacial score (nSPS) is 10.4. The van der Waals surface area contributed by atoms with E-state index in [0.717, 1.165) is 16.3 Å². The number of aromatic nitrogens is 2. The first-order valence-electron chi connectivity index (χ1n) is 7.20. The van der Waals surface area contributed by atoms with E-state index in [2.05, 4.69) is 15.3 Å². The van der Waals surface area contributed by atoms with E-state index in [-0.39, 0.29) is 12.5 Å². The van der Waals surface area contributed by atoms with Crippen LogP contribution < -0.4 is 10.1 Å². The zero-order valence-corrected chi connectivity index (χ0v) is 14.2. The summed E-state index contributed by atoms with van der Waals surface area (Å²) in [4.78, 5) is 20.3. The zero-order valence-electron chi connectivity index (χ0n) is 12.6. The summed E-state index contributed by atoms with van der Waals surface area (Å²) in [6.07, 6.45) is 3.45. The van der Waals surface area contributed by atoms with Crippen LogP contribution in [0.5, 0.6) is 5.75 Å². The maximum Gasteiger partial charge on any atom is 0.258 e. The molecular formula is C17H14ClN3O2S. The average Bonchev–Trinajstić information content (AvgIpc) is 3.09. The molecule has 0 atom stereocenters. The van der Waals surface area contributed by atoms with Gasteiger partial charge in [0.1, 0.15) is 10.8 Å². The highest BCUT2D eigenvalue weighted by atomic mass is 35.5. The van der Waals surface area contributed by atoms with E-state index in [1.807, 2.05) is 17.5 Å². The van der Waals surface area contributed by atoms with E-state index in [9.17, 15) is 4.79 Å². The van der Waals surface area contributed by atoms with E-state index < -0.39 is 0 Å². The van der Waals surface area contributed by atoms with Crippen LogP contribution in [0.2, 0.25) is 5.02 Å². The van der Waals surface area contributed by atoms with Gasteiger partial charge in [-0.3, -0.25) is 9.78 Å². The second-order valence-corrected chi connectivity index (χ2v) is 6.26. The minimum absolute atomic E-state index is 0.0514. The predicted octanol–water partition coefficient (Wildman–Crippen LogP) is 3.55. The minimum Gasteiger partial charge on any atom is -0.484 e. The van der Waals surface area contributed by atoms with Gasteiger partial charge in [-0.1, -0.05) is 11.6 Å². The molecule has 0 aliphatic carbocycles. The summed E-state index contributed by atoms with van der Waals surface area (Å²) in [6, 6.07) is 10.7. The third-order valence-electron chi connectivity index (χ3n) is 3.15. The first-order valence-corrected chi connectivity index (χ1v) is 8.46. The molecule has 0 radical (unpaired) electrons. The number of nitrogens with one attached hydrogen (secondary N) is 1. The quantitative estimate of drug-likeness (QED) is 0.731. The standard InChI is InChI=1S/C17H14ClN3O2S/c18-13-1-3-14(4-2-13)23-10-16(22)20-9-17-21-15(11-24-17)12-5-7-19-8-6-12/h1-8,11H,9-10H2,(H,20,22). The van der Waals surface area contributed by atoms with Crippen LogP contribution in [0.3, 0.4) is 0 Å². The van der Waals surface area contributed by atoms with Gasteiger partial charge in [0.2, 0.25) is 0 Å². The number of rotatable bonds is 6. The molecule has 3 aromatic rings. The zero-order chi connectivity index (χ0) is 16.8. The van der Waals surface area contributed by atoms with Gasteiger partial charge < -0.3 is 10.1 Å². The molecule has 1 aromatic carbocycles. The van der Waals surface area contributed by atoms with Gasteiger partial charge in [-0.15, -0.1) is 11.3 Å². The van der Waals surface area contributed by atoms with Crippen LogP contribution in [0.1, 0.15) is 5.01 Å². The Bertz CT molecular complexity index is 806. The Labute approximate surface area is 148 Å². The molecule has 0 saturated heterocycles. The van der Waals surface area contributed by atoms with Crippen molar-refractivity contribution in [2.45, 2.75) is 6.54 Å². The highest BCUT2D eigenvalue weighted by Gasteiger charge is 2.07. The lowest BCUT2D eigenvalue weighted by atomic mass is 10.2. The Hall–Kier alpha value is -2.44. The number of carbonyl (C=O) groups is 1. The van der Waals surface area contributed by atoms with Crippen LogP contribution in [0, 0.1) is 0 Å².